The van der Waals surface area contributed by atoms with Crippen molar-refractivity contribution in [2.75, 3.05) is 0 Å². The maximum absolute atomic E-state index is 7.86. The van der Waals surface area contributed by atoms with E-state index in [1.165, 1.54) is 96.3 Å². The summed E-state index contributed by atoms with van der Waals surface area (Å²) in [6.45, 7) is 2.29. The minimum absolute atomic E-state index is 0.973. The molecule has 0 heterocycles. The monoisotopic (exact) mass is 293 g/mol. The van der Waals surface area contributed by atoms with Crippen molar-refractivity contribution in [2.24, 2.45) is 5.92 Å². The molecule has 1 N–H and O–H groups in total. The highest BCUT2D eigenvalue weighted by molar-refractivity contribution is 5.81. The SMILES string of the molecule is CCCCCCCCCCCC1CCCCC(=N)CCC1. The van der Waals surface area contributed by atoms with Gasteiger partial charge < -0.3 is 5.41 Å². The molecule has 0 aromatic carbocycles. The Kier molecular flexibility index (Phi) is 11.9. The average Bonchev–Trinajstić information content (AvgIpc) is 2.58. The summed E-state index contributed by atoms with van der Waals surface area (Å²) in [7, 11) is 0. The quantitative estimate of drug-likeness (QED) is 0.409. The zero-order valence-electron chi connectivity index (χ0n) is 14.6. The summed E-state index contributed by atoms with van der Waals surface area (Å²) in [5, 5.41) is 7.86. The van der Waals surface area contributed by atoms with Gasteiger partial charge in [0.2, 0.25) is 0 Å². The van der Waals surface area contributed by atoms with Crippen molar-refractivity contribution in [1.82, 2.24) is 0 Å². The van der Waals surface area contributed by atoms with Crippen LogP contribution in [0.1, 0.15) is 116 Å². The molecule has 0 spiro atoms. The largest absolute Gasteiger partial charge is 0.310 e. The van der Waals surface area contributed by atoms with Crippen LogP contribution in [-0.4, -0.2) is 5.71 Å². The van der Waals surface area contributed by atoms with Crippen LogP contribution in [0.3, 0.4) is 0 Å². The molecule has 1 unspecified atom stereocenters. The summed E-state index contributed by atoms with van der Waals surface area (Å²) in [6.07, 6.45) is 23.4. The van der Waals surface area contributed by atoms with Crippen molar-refractivity contribution in [3.8, 4) is 0 Å². The van der Waals surface area contributed by atoms with E-state index in [0.717, 1.165) is 24.5 Å². The molecule has 1 fully saturated rings. The summed E-state index contributed by atoms with van der Waals surface area (Å²) in [4.78, 5) is 0. The van der Waals surface area contributed by atoms with Gasteiger partial charge in [0.1, 0.15) is 0 Å². The van der Waals surface area contributed by atoms with Gasteiger partial charge in [0.15, 0.2) is 0 Å². The fourth-order valence-corrected chi connectivity index (χ4v) is 3.68. The first kappa shape index (κ1) is 18.7. The normalized spacial score (nSPS) is 20.8. The van der Waals surface area contributed by atoms with Crippen molar-refractivity contribution < 1.29 is 0 Å². The lowest BCUT2D eigenvalue weighted by molar-refractivity contribution is 0.382. The smallest absolute Gasteiger partial charge is 0.00891 e. The highest BCUT2D eigenvalue weighted by Crippen LogP contribution is 2.25. The fraction of sp³-hybridized carbons (Fsp3) is 0.950. The molecule has 0 amide bonds. The van der Waals surface area contributed by atoms with Crippen LogP contribution in [0.15, 0.2) is 0 Å². The van der Waals surface area contributed by atoms with Gasteiger partial charge in [0.05, 0.1) is 0 Å². The summed E-state index contributed by atoms with van der Waals surface area (Å²) in [5.41, 5.74) is 1.01. The first-order valence-electron chi connectivity index (χ1n) is 9.89. The van der Waals surface area contributed by atoms with Gasteiger partial charge >= 0.3 is 0 Å². The molecule has 1 nitrogen and oxygen atoms in total. The predicted molar refractivity (Wildman–Crippen MR) is 95.4 cm³/mol. The Bertz CT molecular complexity index is 246. The van der Waals surface area contributed by atoms with Gasteiger partial charge in [-0.1, -0.05) is 90.4 Å². The molecule has 124 valence electrons. The van der Waals surface area contributed by atoms with Gasteiger partial charge in [-0.15, -0.1) is 0 Å². The first-order chi connectivity index (χ1) is 10.3. The number of unbranched alkanes of at least 4 members (excludes halogenated alkanes) is 8. The molecule has 1 aliphatic carbocycles. The van der Waals surface area contributed by atoms with Crippen molar-refractivity contribution in [2.45, 2.75) is 116 Å². The van der Waals surface area contributed by atoms with Gasteiger partial charge in [0, 0.05) is 5.71 Å². The minimum atomic E-state index is 0.973. The number of hydrogen-bond acceptors (Lipinski definition) is 1. The summed E-state index contributed by atoms with van der Waals surface area (Å²) in [6, 6.07) is 0. The van der Waals surface area contributed by atoms with Crippen LogP contribution in [0, 0.1) is 11.3 Å². The molecule has 0 aromatic rings. The van der Waals surface area contributed by atoms with Gasteiger partial charge in [-0.05, 0) is 31.6 Å². The Morgan fingerprint density at radius 3 is 2.05 bits per heavy atom. The van der Waals surface area contributed by atoms with E-state index in [9.17, 15) is 0 Å². The molecule has 0 bridgehead atoms. The molecule has 1 saturated carbocycles. The molecule has 0 aromatic heterocycles. The van der Waals surface area contributed by atoms with Crippen molar-refractivity contribution in [1.29, 1.82) is 5.41 Å². The summed E-state index contributed by atoms with van der Waals surface area (Å²) >= 11 is 0. The van der Waals surface area contributed by atoms with Crippen LogP contribution in [-0.2, 0) is 0 Å². The third-order valence-electron chi connectivity index (χ3n) is 5.15. The van der Waals surface area contributed by atoms with E-state index in [4.69, 9.17) is 5.41 Å². The molecule has 1 aliphatic rings. The number of rotatable bonds is 10. The topological polar surface area (TPSA) is 23.9 Å². The van der Waals surface area contributed by atoms with Crippen LogP contribution in [0.2, 0.25) is 0 Å². The molecule has 1 atom stereocenters. The van der Waals surface area contributed by atoms with E-state index < -0.39 is 0 Å². The Labute approximate surface area is 133 Å². The van der Waals surface area contributed by atoms with Crippen molar-refractivity contribution in [3.05, 3.63) is 0 Å². The Balaban J connectivity index is 1.94. The standard InChI is InChI=1S/C20H39N/c1-2-3-4-5-6-7-8-9-10-14-19-15-11-12-17-20(21)18-13-16-19/h19,21H,2-18H2,1H3. The van der Waals surface area contributed by atoms with Crippen LogP contribution in [0.4, 0.5) is 0 Å². The van der Waals surface area contributed by atoms with E-state index >= 15 is 0 Å². The maximum atomic E-state index is 7.86. The van der Waals surface area contributed by atoms with E-state index in [-0.39, 0.29) is 0 Å². The Morgan fingerprint density at radius 2 is 1.33 bits per heavy atom. The Hall–Kier alpha value is -0.330. The van der Waals surface area contributed by atoms with E-state index in [0.29, 0.717) is 0 Å². The van der Waals surface area contributed by atoms with Gasteiger partial charge in [-0.25, -0.2) is 0 Å². The lowest BCUT2D eigenvalue weighted by Gasteiger charge is -2.15. The van der Waals surface area contributed by atoms with Crippen LogP contribution >= 0.6 is 0 Å². The van der Waals surface area contributed by atoms with Gasteiger partial charge in [-0.2, -0.15) is 0 Å². The van der Waals surface area contributed by atoms with Crippen molar-refractivity contribution in [3.63, 3.8) is 0 Å². The lowest BCUT2D eigenvalue weighted by atomic mass is 9.91. The molecular weight excluding hydrogens is 254 g/mol. The second-order valence-corrected chi connectivity index (χ2v) is 7.22. The summed E-state index contributed by atoms with van der Waals surface area (Å²) in [5.74, 6) is 0.973. The molecule has 1 rings (SSSR count). The zero-order valence-corrected chi connectivity index (χ0v) is 14.6. The first-order valence-corrected chi connectivity index (χ1v) is 9.89. The molecular formula is C20H39N. The van der Waals surface area contributed by atoms with Crippen LogP contribution in [0.25, 0.3) is 0 Å². The number of hydrogen-bond donors (Lipinski definition) is 1. The molecule has 21 heavy (non-hydrogen) atoms. The molecule has 0 aliphatic heterocycles. The van der Waals surface area contributed by atoms with Gasteiger partial charge in [0.25, 0.3) is 0 Å². The third-order valence-corrected chi connectivity index (χ3v) is 5.15. The van der Waals surface area contributed by atoms with E-state index in [1.807, 2.05) is 0 Å². The third kappa shape index (κ3) is 11.0. The van der Waals surface area contributed by atoms with E-state index in [1.54, 1.807) is 0 Å². The van der Waals surface area contributed by atoms with E-state index in [2.05, 4.69) is 6.92 Å². The maximum Gasteiger partial charge on any atom is 0.00891 e. The van der Waals surface area contributed by atoms with Gasteiger partial charge in [-0.3, -0.25) is 0 Å². The molecule has 0 saturated heterocycles. The van der Waals surface area contributed by atoms with Crippen LogP contribution < -0.4 is 0 Å². The highest BCUT2D eigenvalue weighted by Gasteiger charge is 2.11. The fourth-order valence-electron chi connectivity index (χ4n) is 3.68. The predicted octanol–water partition coefficient (Wildman–Crippen LogP) is 7.29. The Morgan fingerprint density at radius 1 is 0.762 bits per heavy atom. The van der Waals surface area contributed by atoms with Crippen LogP contribution in [0.5, 0.6) is 0 Å². The number of nitrogens with one attached hydrogen (secondary N) is 1. The van der Waals surface area contributed by atoms with Crippen molar-refractivity contribution >= 4 is 5.71 Å². The summed E-state index contributed by atoms with van der Waals surface area (Å²) < 4.78 is 0. The highest BCUT2D eigenvalue weighted by atomic mass is 14.4. The molecule has 0 radical (unpaired) electrons. The molecule has 1 heteroatoms. The second-order valence-electron chi connectivity index (χ2n) is 7.22. The lowest BCUT2D eigenvalue weighted by Crippen LogP contribution is -2.00. The minimum Gasteiger partial charge on any atom is -0.310 e. The zero-order chi connectivity index (χ0) is 15.2. The second kappa shape index (κ2) is 13.3. The average molecular weight is 294 g/mol.